The molecule has 11 heteroatoms. The fourth-order valence-corrected chi connectivity index (χ4v) is 2.43. The van der Waals surface area contributed by atoms with Gasteiger partial charge < -0.3 is 30.9 Å². The third kappa shape index (κ3) is 2.43. The lowest BCUT2D eigenvalue weighted by molar-refractivity contribution is -0.255. The lowest BCUT2D eigenvalue weighted by atomic mass is 9.73. The summed E-state index contributed by atoms with van der Waals surface area (Å²) in [5.41, 5.74) is 1.68. The summed E-state index contributed by atoms with van der Waals surface area (Å²) < 4.78 is 5.92. The molecule has 0 amide bonds. The minimum atomic E-state index is -2.70. The largest absolute Gasteiger partial charge is 0.480 e. The molecule has 23 heavy (non-hydrogen) atoms. The molecule has 1 aromatic rings. The molecule has 0 bridgehead atoms. The normalized spacial score (nSPS) is 33.8. The summed E-state index contributed by atoms with van der Waals surface area (Å²) >= 11 is 0. The molecule has 0 radical (unpaired) electrons. The first-order valence-electron chi connectivity index (χ1n) is 6.41. The molecule has 1 aromatic heterocycles. The van der Waals surface area contributed by atoms with Gasteiger partial charge >= 0.3 is 11.7 Å². The van der Waals surface area contributed by atoms with E-state index < -0.39 is 48.2 Å². The molecule has 11 nitrogen and oxygen atoms in total. The fraction of sp³-hybridized carbons (Fsp3) is 0.500. The summed E-state index contributed by atoms with van der Waals surface area (Å²) in [6, 6.07) is 2.56. The van der Waals surface area contributed by atoms with Crippen molar-refractivity contribution in [1.82, 2.24) is 9.55 Å². The number of hydrogen-bond acceptors (Lipinski definition) is 9. The SMILES string of the molecule is N#C[C@]1(C(=O)O)[C@H](O)[C@@H](CO)O[C@@H](n2ccc(N)nc2=O)[C@@H]1O. The van der Waals surface area contributed by atoms with E-state index in [0.29, 0.717) is 0 Å². The van der Waals surface area contributed by atoms with Crippen molar-refractivity contribution in [3.63, 3.8) is 0 Å². The summed E-state index contributed by atoms with van der Waals surface area (Å²) in [5, 5.41) is 48.1. The maximum absolute atomic E-state index is 11.9. The van der Waals surface area contributed by atoms with E-state index in [0.717, 1.165) is 10.8 Å². The van der Waals surface area contributed by atoms with Crippen molar-refractivity contribution >= 4 is 11.8 Å². The topological polar surface area (TPSA) is 192 Å². The van der Waals surface area contributed by atoms with Gasteiger partial charge in [-0.25, -0.2) is 4.79 Å². The molecule has 0 unspecified atom stereocenters. The minimum absolute atomic E-state index is 0.111. The van der Waals surface area contributed by atoms with E-state index in [1.807, 2.05) is 0 Å². The van der Waals surface area contributed by atoms with Gasteiger partial charge in [-0.05, 0) is 6.07 Å². The smallest absolute Gasteiger partial charge is 0.351 e. The zero-order chi connectivity index (χ0) is 17.4. The van der Waals surface area contributed by atoms with Crippen LogP contribution < -0.4 is 11.4 Å². The molecule has 6 N–H and O–H groups in total. The van der Waals surface area contributed by atoms with Gasteiger partial charge in [0, 0.05) is 6.20 Å². The summed E-state index contributed by atoms with van der Waals surface area (Å²) in [4.78, 5) is 26.8. The number of hydrogen-bond donors (Lipinski definition) is 5. The van der Waals surface area contributed by atoms with Crippen LogP contribution in [0.1, 0.15) is 6.23 Å². The molecule has 1 aliphatic rings. The van der Waals surface area contributed by atoms with Crippen molar-refractivity contribution in [3.8, 4) is 6.07 Å². The van der Waals surface area contributed by atoms with Crippen molar-refractivity contribution < 1.29 is 30.0 Å². The van der Waals surface area contributed by atoms with Gasteiger partial charge in [0.1, 0.15) is 24.1 Å². The quantitative estimate of drug-likeness (QED) is 0.383. The third-order valence-electron chi connectivity index (χ3n) is 3.71. The van der Waals surface area contributed by atoms with Crippen LogP contribution in [0, 0.1) is 16.7 Å². The summed E-state index contributed by atoms with van der Waals surface area (Å²) in [5.74, 6) is -1.93. The number of nitrogen functional groups attached to an aromatic ring is 1. The van der Waals surface area contributed by atoms with E-state index in [2.05, 4.69) is 4.98 Å². The van der Waals surface area contributed by atoms with Crippen LogP contribution in [-0.4, -0.2) is 60.9 Å². The molecule has 0 saturated carbocycles. The maximum atomic E-state index is 11.9. The van der Waals surface area contributed by atoms with E-state index in [1.54, 1.807) is 0 Å². The predicted molar refractivity (Wildman–Crippen MR) is 71.6 cm³/mol. The number of ether oxygens (including phenoxy) is 1. The van der Waals surface area contributed by atoms with E-state index in [9.17, 15) is 35.3 Å². The third-order valence-corrected chi connectivity index (χ3v) is 3.71. The average molecular weight is 326 g/mol. The highest BCUT2D eigenvalue weighted by Gasteiger charge is 2.62. The van der Waals surface area contributed by atoms with Crippen LogP contribution in [0.15, 0.2) is 17.1 Å². The number of carbonyl (C=O) groups is 1. The number of aromatic nitrogens is 2. The number of aliphatic carboxylic acids is 1. The Labute approximate surface area is 128 Å². The highest BCUT2D eigenvalue weighted by molar-refractivity contribution is 5.80. The summed E-state index contributed by atoms with van der Waals surface area (Å²) in [6.45, 7) is -0.835. The van der Waals surface area contributed by atoms with E-state index in [4.69, 9.17) is 10.5 Å². The Morgan fingerprint density at radius 2 is 2.17 bits per heavy atom. The molecule has 1 fully saturated rings. The standard InChI is InChI=1S/C12H14N4O7/c13-4-12(10(20)21)7(18)5(3-17)23-9(8(12)19)16-2-1-6(14)15-11(16)22/h1-2,5,7-9,17-19H,3H2,(H,20,21)(H2,14,15,22)/t5-,7-,8+,9-,12+/m1/s1. The van der Waals surface area contributed by atoms with Gasteiger partial charge in [0.05, 0.1) is 12.7 Å². The number of nitrogens with zero attached hydrogens (tertiary/aromatic N) is 3. The van der Waals surface area contributed by atoms with Crippen LogP contribution in [0.25, 0.3) is 0 Å². The minimum Gasteiger partial charge on any atom is -0.480 e. The Morgan fingerprint density at radius 1 is 1.52 bits per heavy atom. The van der Waals surface area contributed by atoms with Crippen molar-refractivity contribution in [2.75, 3.05) is 12.3 Å². The van der Waals surface area contributed by atoms with Crippen molar-refractivity contribution in [2.24, 2.45) is 5.41 Å². The molecule has 124 valence electrons. The maximum Gasteiger partial charge on any atom is 0.351 e. The predicted octanol–water partition coefficient (Wildman–Crippen LogP) is -2.97. The Morgan fingerprint density at radius 3 is 2.65 bits per heavy atom. The van der Waals surface area contributed by atoms with Crippen LogP contribution in [0.2, 0.25) is 0 Å². The molecule has 0 spiro atoms. The number of anilines is 1. The molecule has 1 aliphatic heterocycles. The average Bonchev–Trinajstić information content (AvgIpc) is 2.49. The van der Waals surface area contributed by atoms with Crippen LogP contribution in [0.3, 0.4) is 0 Å². The Hall–Kier alpha value is -2.52. The number of carboxylic acids is 1. The second-order valence-electron chi connectivity index (χ2n) is 4.97. The van der Waals surface area contributed by atoms with Gasteiger partial charge in [-0.3, -0.25) is 9.36 Å². The van der Waals surface area contributed by atoms with Gasteiger partial charge in [-0.1, -0.05) is 0 Å². The first-order valence-corrected chi connectivity index (χ1v) is 6.41. The molecule has 2 heterocycles. The molecular weight excluding hydrogens is 312 g/mol. The lowest BCUT2D eigenvalue weighted by Crippen LogP contribution is -2.64. The van der Waals surface area contributed by atoms with Crippen molar-refractivity contribution in [1.29, 1.82) is 5.26 Å². The molecular formula is C12H14N4O7. The summed E-state index contributed by atoms with van der Waals surface area (Å²) in [6.07, 6.45) is -6.20. The van der Waals surface area contributed by atoms with Crippen LogP contribution in [0.4, 0.5) is 5.82 Å². The van der Waals surface area contributed by atoms with E-state index >= 15 is 0 Å². The summed E-state index contributed by atoms with van der Waals surface area (Å²) in [7, 11) is 0. The first kappa shape index (κ1) is 16.8. The van der Waals surface area contributed by atoms with Gasteiger partial charge in [-0.15, -0.1) is 0 Å². The molecule has 1 saturated heterocycles. The number of rotatable bonds is 3. The van der Waals surface area contributed by atoms with Crippen molar-refractivity contribution in [2.45, 2.75) is 24.5 Å². The second-order valence-corrected chi connectivity index (χ2v) is 4.97. The highest BCUT2D eigenvalue weighted by Crippen LogP contribution is 2.41. The Bertz CT molecular complexity index is 714. The first-order chi connectivity index (χ1) is 10.8. The molecule has 5 atom stereocenters. The van der Waals surface area contributed by atoms with Crippen LogP contribution >= 0.6 is 0 Å². The second kappa shape index (κ2) is 5.94. The van der Waals surface area contributed by atoms with Crippen molar-refractivity contribution in [3.05, 3.63) is 22.7 Å². The number of nitrogens with two attached hydrogens (primary N) is 1. The van der Waals surface area contributed by atoms with E-state index in [-0.39, 0.29) is 5.82 Å². The Balaban J connectivity index is 2.59. The zero-order valence-corrected chi connectivity index (χ0v) is 11.6. The number of aliphatic hydroxyl groups is 3. The van der Waals surface area contributed by atoms with Gasteiger partial charge in [-0.2, -0.15) is 10.2 Å². The molecule has 2 rings (SSSR count). The molecule has 0 aromatic carbocycles. The van der Waals surface area contributed by atoms with Crippen LogP contribution in [-0.2, 0) is 9.53 Å². The zero-order valence-electron chi connectivity index (χ0n) is 11.6. The van der Waals surface area contributed by atoms with Gasteiger partial charge in [0.15, 0.2) is 6.23 Å². The van der Waals surface area contributed by atoms with Crippen LogP contribution in [0.5, 0.6) is 0 Å². The number of aliphatic hydroxyl groups excluding tert-OH is 3. The van der Waals surface area contributed by atoms with E-state index in [1.165, 1.54) is 12.1 Å². The van der Waals surface area contributed by atoms with Gasteiger partial charge in [0.2, 0.25) is 5.41 Å². The monoisotopic (exact) mass is 326 g/mol. The van der Waals surface area contributed by atoms with Gasteiger partial charge in [0.25, 0.3) is 0 Å². The lowest BCUT2D eigenvalue weighted by Gasteiger charge is -2.45. The fourth-order valence-electron chi connectivity index (χ4n) is 2.43. The highest BCUT2D eigenvalue weighted by atomic mass is 16.6. The number of carboxylic acid groups (broad SMARTS) is 1. The Kier molecular flexibility index (Phi) is 4.35. The number of nitriles is 1. The molecule has 0 aliphatic carbocycles.